The summed E-state index contributed by atoms with van der Waals surface area (Å²) in [7, 11) is 1.61. The molecular weight excluding hydrogens is 420 g/mol. The van der Waals surface area contributed by atoms with Crippen molar-refractivity contribution in [3.63, 3.8) is 0 Å². The average molecular weight is 451 g/mol. The molecule has 2 fully saturated rings. The molecule has 2 aromatic carbocycles. The van der Waals surface area contributed by atoms with Gasteiger partial charge < -0.3 is 24.0 Å². The summed E-state index contributed by atoms with van der Waals surface area (Å²) < 4.78 is 17.1. The lowest BCUT2D eigenvalue weighted by molar-refractivity contribution is -0.132. The third-order valence-corrected chi connectivity index (χ3v) is 6.76. The van der Waals surface area contributed by atoms with Gasteiger partial charge >= 0.3 is 0 Å². The first-order valence-electron chi connectivity index (χ1n) is 11.7. The van der Waals surface area contributed by atoms with Crippen LogP contribution in [0.25, 0.3) is 0 Å². The van der Waals surface area contributed by atoms with Gasteiger partial charge in [-0.05, 0) is 48.6 Å². The van der Waals surface area contributed by atoms with E-state index in [4.69, 9.17) is 14.2 Å². The highest BCUT2D eigenvalue weighted by molar-refractivity contribution is 5.98. The number of hydrogen-bond acceptors (Lipinski definition) is 5. The maximum atomic E-state index is 13.1. The van der Waals surface area contributed by atoms with Crippen molar-refractivity contribution in [1.82, 2.24) is 4.90 Å². The van der Waals surface area contributed by atoms with E-state index in [0.717, 1.165) is 36.9 Å². The largest absolute Gasteiger partial charge is 0.493 e. The number of nitrogens with zero attached hydrogens (tertiary/aromatic N) is 2. The number of amides is 2. The number of aryl methyl sites for hydroxylation is 1. The van der Waals surface area contributed by atoms with E-state index < -0.39 is 0 Å². The number of fused-ring (bicyclic) bond motifs is 1. The smallest absolute Gasteiger partial charge is 0.246 e. The molecule has 3 aliphatic heterocycles. The van der Waals surface area contributed by atoms with Crippen molar-refractivity contribution >= 4 is 17.5 Å². The van der Waals surface area contributed by atoms with Crippen LogP contribution in [0.5, 0.6) is 11.5 Å². The molecule has 5 rings (SSSR count). The number of carbonyl (C=O) groups is 2. The zero-order valence-electron chi connectivity index (χ0n) is 19.0. The van der Waals surface area contributed by atoms with Crippen LogP contribution in [0.2, 0.25) is 0 Å². The van der Waals surface area contributed by atoms with Crippen LogP contribution in [-0.4, -0.2) is 56.4 Å². The molecule has 2 amide bonds. The molecule has 7 nitrogen and oxygen atoms in total. The van der Waals surface area contributed by atoms with E-state index in [1.165, 1.54) is 5.56 Å². The highest BCUT2D eigenvalue weighted by atomic mass is 16.7. The molecule has 0 radical (unpaired) electrons. The zero-order chi connectivity index (χ0) is 22.8. The lowest BCUT2D eigenvalue weighted by atomic mass is 9.98. The predicted molar refractivity (Wildman–Crippen MR) is 124 cm³/mol. The summed E-state index contributed by atoms with van der Waals surface area (Å²) in [5.74, 6) is 1.28. The topological polar surface area (TPSA) is 68.3 Å². The Morgan fingerprint density at radius 2 is 2.03 bits per heavy atom. The van der Waals surface area contributed by atoms with Crippen molar-refractivity contribution in [2.45, 2.75) is 44.3 Å². The van der Waals surface area contributed by atoms with Gasteiger partial charge in [0, 0.05) is 37.5 Å². The number of benzene rings is 2. The molecule has 7 heteroatoms. The number of likely N-dealkylation sites (tertiary alicyclic amines) is 1. The van der Waals surface area contributed by atoms with E-state index in [1.807, 2.05) is 41.3 Å². The van der Waals surface area contributed by atoms with Gasteiger partial charge in [0.1, 0.15) is 6.54 Å². The van der Waals surface area contributed by atoms with Crippen molar-refractivity contribution < 1.29 is 23.8 Å². The van der Waals surface area contributed by atoms with Gasteiger partial charge in [-0.25, -0.2) is 0 Å². The Labute approximate surface area is 194 Å². The van der Waals surface area contributed by atoms with E-state index in [0.29, 0.717) is 37.6 Å². The Morgan fingerprint density at radius 1 is 1.15 bits per heavy atom. The Balaban J connectivity index is 1.27. The second-order valence-corrected chi connectivity index (χ2v) is 8.92. The molecule has 0 spiro atoms. The van der Waals surface area contributed by atoms with Crippen molar-refractivity contribution in [1.29, 1.82) is 0 Å². The fourth-order valence-corrected chi connectivity index (χ4v) is 5.01. The Kier molecular flexibility index (Phi) is 6.22. The maximum absolute atomic E-state index is 13.1. The Hall–Kier alpha value is -3.06. The highest BCUT2D eigenvalue weighted by Gasteiger charge is 2.34. The Morgan fingerprint density at radius 3 is 2.85 bits per heavy atom. The third-order valence-electron chi connectivity index (χ3n) is 6.76. The van der Waals surface area contributed by atoms with Gasteiger partial charge in [0.25, 0.3) is 0 Å². The van der Waals surface area contributed by atoms with Crippen LogP contribution in [0.1, 0.15) is 42.7 Å². The molecule has 33 heavy (non-hydrogen) atoms. The molecule has 0 aliphatic carbocycles. The molecule has 3 aliphatic rings. The number of methoxy groups -OCH3 is 1. The first-order valence-corrected chi connectivity index (χ1v) is 11.7. The summed E-state index contributed by atoms with van der Waals surface area (Å²) in [5, 5.41) is 0. The summed E-state index contributed by atoms with van der Waals surface area (Å²) in [5.41, 5.74) is 3.18. The van der Waals surface area contributed by atoms with Crippen LogP contribution in [0, 0.1) is 0 Å². The number of anilines is 1. The van der Waals surface area contributed by atoms with E-state index in [1.54, 1.807) is 12.0 Å². The van der Waals surface area contributed by atoms with Gasteiger partial charge in [-0.15, -0.1) is 0 Å². The summed E-state index contributed by atoms with van der Waals surface area (Å²) in [6, 6.07) is 13.8. The number of rotatable bonds is 6. The minimum Gasteiger partial charge on any atom is -0.493 e. The van der Waals surface area contributed by atoms with Crippen LogP contribution in [0.4, 0.5) is 5.69 Å². The van der Waals surface area contributed by atoms with Gasteiger partial charge in [0.05, 0.1) is 13.7 Å². The lowest BCUT2D eigenvalue weighted by Crippen LogP contribution is -2.43. The van der Waals surface area contributed by atoms with Crippen LogP contribution >= 0.6 is 0 Å². The summed E-state index contributed by atoms with van der Waals surface area (Å²) in [6.07, 6.45) is 3.88. The summed E-state index contributed by atoms with van der Waals surface area (Å²) >= 11 is 0. The van der Waals surface area contributed by atoms with Crippen LogP contribution in [0.15, 0.2) is 42.5 Å². The highest BCUT2D eigenvalue weighted by Crippen LogP contribution is 2.36. The number of hydrogen-bond donors (Lipinski definition) is 0. The molecule has 3 heterocycles. The van der Waals surface area contributed by atoms with Gasteiger partial charge in [-0.2, -0.15) is 0 Å². The van der Waals surface area contributed by atoms with Crippen molar-refractivity contribution in [3.8, 4) is 11.5 Å². The zero-order valence-corrected chi connectivity index (χ0v) is 19.0. The van der Waals surface area contributed by atoms with Crippen LogP contribution in [-0.2, 0) is 20.7 Å². The predicted octanol–water partition coefficient (Wildman–Crippen LogP) is 3.51. The quantitative estimate of drug-likeness (QED) is 0.674. The van der Waals surface area contributed by atoms with Crippen LogP contribution < -0.4 is 14.4 Å². The molecule has 1 unspecified atom stereocenters. The fraction of sp³-hybridized carbons (Fsp3) is 0.462. The Bertz CT molecular complexity index is 1030. The molecule has 2 aromatic rings. The first-order chi connectivity index (χ1) is 16.1. The molecule has 174 valence electrons. The van der Waals surface area contributed by atoms with E-state index in [2.05, 4.69) is 6.07 Å². The second kappa shape index (κ2) is 9.43. The minimum atomic E-state index is -0.263. The summed E-state index contributed by atoms with van der Waals surface area (Å²) in [6.45, 7) is 2.03. The third kappa shape index (κ3) is 4.55. The van der Waals surface area contributed by atoms with E-state index >= 15 is 0 Å². The molecule has 0 aromatic heterocycles. The van der Waals surface area contributed by atoms with E-state index in [9.17, 15) is 9.59 Å². The number of carbonyl (C=O) groups excluding carboxylic acids is 2. The van der Waals surface area contributed by atoms with Gasteiger partial charge in [0.15, 0.2) is 17.8 Å². The average Bonchev–Trinajstić information content (AvgIpc) is 3.48. The van der Waals surface area contributed by atoms with Crippen molar-refractivity contribution in [2.24, 2.45) is 0 Å². The fourth-order valence-electron chi connectivity index (χ4n) is 5.01. The minimum absolute atomic E-state index is 0.0102. The molecule has 0 N–H and O–H groups in total. The van der Waals surface area contributed by atoms with E-state index in [-0.39, 0.29) is 30.6 Å². The second-order valence-electron chi connectivity index (χ2n) is 8.92. The molecule has 2 saturated heterocycles. The summed E-state index contributed by atoms with van der Waals surface area (Å²) in [4.78, 5) is 29.4. The molecule has 2 atom stereocenters. The lowest BCUT2D eigenvalue weighted by Gasteiger charge is -2.31. The molecule has 0 saturated carbocycles. The van der Waals surface area contributed by atoms with Gasteiger partial charge in [-0.1, -0.05) is 24.3 Å². The standard InChI is InChI=1S/C26H30N2O5/c1-31-22-11-10-19(14-23(22)33-26-9-5-13-32-26)20-15-24(29)27(16-20)17-25(30)28-12-4-7-18-6-2-3-8-21(18)28/h2-3,6,8,10-11,14,20,26H,4-5,7,9,12-13,15-17H2,1H3/t20-,26?/m1/s1. The van der Waals surface area contributed by atoms with Crippen molar-refractivity contribution in [2.75, 3.05) is 38.3 Å². The molecule has 0 bridgehead atoms. The first kappa shape index (κ1) is 21.8. The van der Waals surface area contributed by atoms with Gasteiger partial charge in [0.2, 0.25) is 11.8 Å². The number of para-hydroxylation sites is 1. The van der Waals surface area contributed by atoms with Gasteiger partial charge in [-0.3, -0.25) is 9.59 Å². The molecular formula is C26H30N2O5. The van der Waals surface area contributed by atoms with Crippen LogP contribution in [0.3, 0.4) is 0 Å². The maximum Gasteiger partial charge on any atom is 0.246 e. The number of ether oxygens (including phenoxy) is 3. The SMILES string of the molecule is COc1ccc([C@@H]2CC(=O)N(CC(=O)N3CCCc4ccccc43)C2)cc1OC1CCCO1. The van der Waals surface area contributed by atoms with Crippen molar-refractivity contribution in [3.05, 3.63) is 53.6 Å². The monoisotopic (exact) mass is 450 g/mol. The normalized spacial score (nSPS) is 22.4.